The zero-order valence-corrected chi connectivity index (χ0v) is 13.1. The number of nitrogens with one attached hydrogen (secondary N) is 1. The van der Waals surface area contributed by atoms with E-state index in [1.54, 1.807) is 0 Å². The summed E-state index contributed by atoms with van der Waals surface area (Å²) >= 11 is 0. The Balaban J connectivity index is 4.36. The minimum atomic E-state index is 0.328. The van der Waals surface area contributed by atoms with Crippen LogP contribution >= 0.6 is 0 Å². The normalized spacial score (nSPS) is 14.6. The molecule has 0 saturated carbocycles. The maximum Gasteiger partial charge on any atom is 0.0102 e. The van der Waals surface area contributed by atoms with E-state index in [9.17, 15) is 0 Å². The van der Waals surface area contributed by atoms with Crippen molar-refractivity contribution >= 4 is 0 Å². The fourth-order valence-electron chi connectivity index (χ4n) is 2.10. The quantitative estimate of drug-likeness (QED) is 0.665. The monoisotopic (exact) mass is 242 g/mol. The number of hydrogen-bond donors (Lipinski definition) is 1. The predicted octanol–water partition coefficient (Wildman–Crippen LogP) is 3.52. The molecule has 0 aliphatic carbocycles. The molecule has 104 valence electrons. The number of hydrogen-bond acceptors (Lipinski definition) is 2. The van der Waals surface area contributed by atoms with E-state index in [1.165, 1.54) is 25.9 Å². The zero-order valence-electron chi connectivity index (χ0n) is 13.1. The lowest BCUT2D eigenvalue weighted by molar-refractivity contribution is 0.117. The van der Waals surface area contributed by atoms with Crippen LogP contribution in [0.4, 0.5) is 0 Å². The lowest BCUT2D eigenvalue weighted by Gasteiger charge is -2.39. The third-order valence-electron chi connectivity index (χ3n) is 3.72. The SMILES string of the molecule is CCCNC(C)C(C)(C)CN(CCC)C(C)C. The zero-order chi connectivity index (χ0) is 13.5. The summed E-state index contributed by atoms with van der Waals surface area (Å²) in [7, 11) is 0. The molecule has 0 radical (unpaired) electrons. The van der Waals surface area contributed by atoms with Crippen molar-refractivity contribution in [2.45, 2.75) is 73.4 Å². The molecule has 0 fully saturated rings. The Morgan fingerprint density at radius 2 is 1.65 bits per heavy atom. The first kappa shape index (κ1) is 16.9. The Hall–Kier alpha value is -0.0800. The topological polar surface area (TPSA) is 15.3 Å². The van der Waals surface area contributed by atoms with E-state index in [0.717, 1.165) is 6.54 Å². The molecule has 0 amide bonds. The first-order valence-electron chi connectivity index (χ1n) is 7.32. The molecule has 0 heterocycles. The van der Waals surface area contributed by atoms with Crippen LogP contribution in [0.1, 0.15) is 61.3 Å². The van der Waals surface area contributed by atoms with Crippen molar-refractivity contribution < 1.29 is 0 Å². The summed E-state index contributed by atoms with van der Waals surface area (Å²) in [5, 5.41) is 3.63. The molecule has 0 aromatic carbocycles. The van der Waals surface area contributed by atoms with Gasteiger partial charge in [0, 0.05) is 18.6 Å². The minimum absolute atomic E-state index is 0.328. The first-order chi connectivity index (χ1) is 7.85. The van der Waals surface area contributed by atoms with Gasteiger partial charge in [0.15, 0.2) is 0 Å². The summed E-state index contributed by atoms with van der Waals surface area (Å²) in [5.74, 6) is 0. The number of nitrogens with zero attached hydrogens (tertiary/aromatic N) is 1. The van der Waals surface area contributed by atoms with Gasteiger partial charge in [-0.1, -0.05) is 27.7 Å². The molecule has 0 spiro atoms. The van der Waals surface area contributed by atoms with Gasteiger partial charge in [0.2, 0.25) is 0 Å². The van der Waals surface area contributed by atoms with Gasteiger partial charge in [-0.15, -0.1) is 0 Å². The molecule has 0 aliphatic rings. The highest BCUT2D eigenvalue weighted by atomic mass is 15.2. The van der Waals surface area contributed by atoms with Crippen molar-refractivity contribution in [1.29, 1.82) is 0 Å². The highest BCUT2D eigenvalue weighted by molar-refractivity contribution is 4.84. The van der Waals surface area contributed by atoms with E-state index in [1.807, 2.05) is 0 Å². The molecule has 1 unspecified atom stereocenters. The van der Waals surface area contributed by atoms with Gasteiger partial charge in [-0.3, -0.25) is 0 Å². The third kappa shape index (κ3) is 6.42. The Kier molecular flexibility index (Phi) is 8.06. The maximum atomic E-state index is 3.63. The Morgan fingerprint density at radius 3 is 2.06 bits per heavy atom. The molecule has 0 aromatic heterocycles. The van der Waals surface area contributed by atoms with Crippen molar-refractivity contribution in [3.05, 3.63) is 0 Å². The Bertz CT molecular complexity index is 187. The van der Waals surface area contributed by atoms with Gasteiger partial charge in [-0.25, -0.2) is 0 Å². The lowest BCUT2D eigenvalue weighted by Crippen LogP contribution is -2.48. The molecular formula is C15H34N2. The van der Waals surface area contributed by atoms with Crippen LogP contribution in [0.25, 0.3) is 0 Å². The van der Waals surface area contributed by atoms with Crippen molar-refractivity contribution in [3.63, 3.8) is 0 Å². The van der Waals surface area contributed by atoms with Crippen LogP contribution in [0.15, 0.2) is 0 Å². The van der Waals surface area contributed by atoms with E-state index in [0.29, 0.717) is 17.5 Å². The molecule has 0 aromatic rings. The Labute approximate surface area is 109 Å². The van der Waals surface area contributed by atoms with Gasteiger partial charge in [0.25, 0.3) is 0 Å². The first-order valence-corrected chi connectivity index (χ1v) is 7.32. The molecule has 0 bridgehead atoms. The highest BCUT2D eigenvalue weighted by Gasteiger charge is 2.28. The minimum Gasteiger partial charge on any atom is -0.314 e. The average Bonchev–Trinajstić information content (AvgIpc) is 2.24. The van der Waals surface area contributed by atoms with Crippen molar-refractivity contribution in [2.24, 2.45) is 5.41 Å². The summed E-state index contributed by atoms with van der Waals surface area (Å²) in [5.41, 5.74) is 0.328. The molecule has 1 atom stereocenters. The van der Waals surface area contributed by atoms with Gasteiger partial charge in [-0.2, -0.15) is 0 Å². The number of rotatable bonds is 9. The van der Waals surface area contributed by atoms with E-state index < -0.39 is 0 Å². The summed E-state index contributed by atoms with van der Waals surface area (Å²) in [6.45, 7) is 19.7. The summed E-state index contributed by atoms with van der Waals surface area (Å²) in [6, 6.07) is 1.22. The van der Waals surface area contributed by atoms with Gasteiger partial charge < -0.3 is 10.2 Å². The molecule has 1 N–H and O–H groups in total. The second-order valence-corrected chi connectivity index (χ2v) is 6.23. The molecule has 17 heavy (non-hydrogen) atoms. The average molecular weight is 242 g/mol. The van der Waals surface area contributed by atoms with Gasteiger partial charge in [0.1, 0.15) is 0 Å². The van der Waals surface area contributed by atoms with Crippen molar-refractivity contribution in [1.82, 2.24) is 10.2 Å². The molecule has 0 saturated heterocycles. The van der Waals surface area contributed by atoms with Crippen LogP contribution in [0, 0.1) is 5.41 Å². The second kappa shape index (κ2) is 8.10. The van der Waals surface area contributed by atoms with E-state index in [2.05, 4.69) is 58.7 Å². The molecule has 2 heteroatoms. The predicted molar refractivity (Wildman–Crippen MR) is 78.5 cm³/mol. The summed E-state index contributed by atoms with van der Waals surface area (Å²) < 4.78 is 0. The highest BCUT2D eigenvalue weighted by Crippen LogP contribution is 2.23. The van der Waals surface area contributed by atoms with Crippen LogP contribution in [0.3, 0.4) is 0 Å². The van der Waals surface area contributed by atoms with Gasteiger partial charge >= 0.3 is 0 Å². The lowest BCUT2D eigenvalue weighted by atomic mass is 9.84. The molecule has 0 rings (SSSR count). The van der Waals surface area contributed by atoms with Crippen LogP contribution < -0.4 is 5.32 Å². The standard InChI is InChI=1S/C15H34N2/c1-8-10-16-14(5)15(6,7)12-17(11-9-2)13(3)4/h13-14,16H,8-12H2,1-7H3. The second-order valence-electron chi connectivity index (χ2n) is 6.23. The van der Waals surface area contributed by atoms with Crippen molar-refractivity contribution in [2.75, 3.05) is 19.6 Å². The van der Waals surface area contributed by atoms with Crippen molar-refractivity contribution in [3.8, 4) is 0 Å². The van der Waals surface area contributed by atoms with Crippen LogP contribution in [0.2, 0.25) is 0 Å². The van der Waals surface area contributed by atoms with Gasteiger partial charge in [0.05, 0.1) is 0 Å². The molecule has 0 aliphatic heterocycles. The fraction of sp³-hybridized carbons (Fsp3) is 1.00. The van der Waals surface area contributed by atoms with Crippen LogP contribution in [-0.4, -0.2) is 36.6 Å². The summed E-state index contributed by atoms with van der Waals surface area (Å²) in [4.78, 5) is 2.60. The van der Waals surface area contributed by atoms with E-state index in [4.69, 9.17) is 0 Å². The fourth-order valence-corrected chi connectivity index (χ4v) is 2.10. The Morgan fingerprint density at radius 1 is 1.06 bits per heavy atom. The molecular weight excluding hydrogens is 208 g/mol. The molecule has 2 nitrogen and oxygen atoms in total. The third-order valence-corrected chi connectivity index (χ3v) is 3.72. The summed E-state index contributed by atoms with van der Waals surface area (Å²) in [6.07, 6.45) is 2.45. The van der Waals surface area contributed by atoms with E-state index >= 15 is 0 Å². The van der Waals surface area contributed by atoms with Crippen LogP contribution in [-0.2, 0) is 0 Å². The van der Waals surface area contributed by atoms with Gasteiger partial charge in [-0.05, 0) is 52.1 Å². The van der Waals surface area contributed by atoms with E-state index in [-0.39, 0.29) is 0 Å². The largest absolute Gasteiger partial charge is 0.314 e. The smallest absolute Gasteiger partial charge is 0.0102 e. The maximum absolute atomic E-state index is 3.63. The van der Waals surface area contributed by atoms with Crippen LogP contribution in [0.5, 0.6) is 0 Å².